The Morgan fingerprint density at radius 2 is 1.78 bits per heavy atom. The van der Waals surface area contributed by atoms with Gasteiger partial charge in [-0.2, -0.15) is 0 Å². The number of hydrogen-bond acceptors (Lipinski definition) is 11. The smallest absolute Gasteiger partial charge is 0.410 e. The molecule has 3 aromatic rings. The molecule has 0 radical (unpaired) electrons. The number of carbonyl (C=O) groups is 2. The van der Waals surface area contributed by atoms with Gasteiger partial charge in [-0.05, 0) is 85.1 Å². The van der Waals surface area contributed by atoms with Gasteiger partial charge in [0, 0.05) is 38.2 Å². The Morgan fingerprint density at radius 3 is 2.49 bits per heavy atom. The molecule has 59 heavy (non-hydrogen) atoms. The number of methoxy groups -OCH3 is 1. The third kappa shape index (κ3) is 9.78. The minimum atomic E-state index is -1.44. The Labute approximate surface area is 351 Å². The van der Waals surface area contributed by atoms with Gasteiger partial charge in [-0.25, -0.2) is 4.79 Å². The van der Waals surface area contributed by atoms with Crippen LogP contribution in [0.2, 0.25) is 0 Å². The summed E-state index contributed by atoms with van der Waals surface area (Å²) in [5.74, 6) is -0.0198. The van der Waals surface area contributed by atoms with Crippen LogP contribution in [-0.4, -0.2) is 91.5 Å². The minimum absolute atomic E-state index is 0.0139. The summed E-state index contributed by atoms with van der Waals surface area (Å²) in [7, 11) is 3.18. The van der Waals surface area contributed by atoms with Gasteiger partial charge in [-0.1, -0.05) is 60.5 Å². The van der Waals surface area contributed by atoms with Gasteiger partial charge in [0.05, 0.1) is 36.8 Å². The van der Waals surface area contributed by atoms with E-state index in [0.717, 1.165) is 48.7 Å². The largest absolute Gasteiger partial charge is 0.496 e. The molecule has 1 saturated carbocycles. The molecule has 316 valence electrons. The molecule has 1 heterocycles. The van der Waals surface area contributed by atoms with Crippen LogP contribution in [0.25, 0.3) is 0 Å². The normalized spacial score (nSPS) is 23.5. The van der Waals surface area contributed by atoms with Gasteiger partial charge in [0.1, 0.15) is 42.3 Å². The number of aliphatic hydroxyl groups is 2. The predicted octanol–water partition coefficient (Wildman–Crippen LogP) is 8.44. The first kappa shape index (κ1) is 43.7. The number of unbranched alkanes of at least 4 members (excludes halogenated alkanes) is 2. The maximum absolute atomic E-state index is 13.8. The van der Waals surface area contributed by atoms with E-state index in [9.17, 15) is 19.8 Å². The summed E-state index contributed by atoms with van der Waals surface area (Å²) in [6, 6.07) is 19.8. The number of alkyl halides is 1. The third-order valence-electron chi connectivity index (χ3n) is 11.5. The molecule has 0 bridgehead atoms. The second-order valence-corrected chi connectivity index (χ2v) is 15.4. The first-order chi connectivity index (χ1) is 28.8. The number of nitrogens with zero attached hydrogens (tertiary/aromatic N) is 2. The van der Waals surface area contributed by atoms with Crippen LogP contribution in [0, 0.1) is 17.8 Å². The van der Waals surface area contributed by atoms with Gasteiger partial charge in [0.2, 0.25) is 5.79 Å². The van der Waals surface area contributed by atoms with Crippen LogP contribution in [0.5, 0.6) is 23.0 Å². The molecule has 0 spiro atoms. The molecule has 1 fully saturated rings. The highest BCUT2D eigenvalue weighted by atomic mass is 35.5. The zero-order valence-corrected chi connectivity index (χ0v) is 34.6. The number of ether oxygens (including phenoxy) is 5. The van der Waals surface area contributed by atoms with Crippen molar-refractivity contribution in [1.82, 2.24) is 4.90 Å². The Hall–Kier alpha value is -4.88. The second-order valence-electron chi connectivity index (χ2n) is 15.1. The van der Waals surface area contributed by atoms with Crippen molar-refractivity contribution >= 4 is 29.7 Å². The lowest BCUT2D eigenvalue weighted by Crippen LogP contribution is -2.69. The van der Waals surface area contributed by atoms with Gasteiger partial charge in [-0.3, -0.25) is 4.79 Å². The standard InChI is InChI=1S/C46H55ClN2O10/c1-4-23-56-46-42(49(2)45(53)55-24-20-47)28-39(48-57-30-31-12-6-5-7-13-31)37-26-32(14-8-10-21-50)36(15-9-11-22-51)43(44(37)46)38-27-35(17-19-41(38)59-46)58-34-16-18-40(54-3)33(25-34)29-52/h4-7,12-13,16-19,25-27,29,32,36,42-44,50-51H,1,8-11,14-15,20-24,28,30H2,2-3H3. The van der Waals surface area contributed by atoms with E-state index in [2.05, 4.69) is 12.7 Å². The topological polar surface area (TPSA) is 146 Å². The van der Waals surface area contributed by atoms with Crippen molar-refractivity contribution in [2.75, 3.05) is 46.5 Å². The van der Waals surface area contributed by atoms with Crippen molar-refractivity contribution in [2.45, 2.75) is 69.3 Å². The van der Waals surface area contributed by atoms with Gasteiger partial charge in [0.15, 0.2) is 6.29 Å². The Bertz CT molecular complexity index is 1960. The molecular weight excluding hydrogens is 776 g/mol. The summed E-state index contributed by atoms with van der Waals surface area (Å²) in [4.78, 5) is 33.3. The average molecular weight is 831 g/mol. The molecule has 0 aromatic heterocycles. The zero-order valence-electron chi connectivity index (χ0n) is 33.8. The highest BCUT2D eigenvalue weighted by molar-refractivity contribution is 6.18. The number of benzene rings is 3. The average Bonchev–Trinajstić information content (AvgIpc) is 3.26. The van der Waals surface area contributed by atoms with E-state index in [1.54, 1.807) is 31.3 Å². The number of fused-ring (bicyclic) bond motifs is 2. The zero-order chi connectivity index (χ0) is 41.8. The number of oxime groups is 1. The van der Waals surface area contributed by atoms with Crippen LogP contribution in [0.15, 0.2) is 96.2 Å². The number of likely N-dealkylation sites (N-methyl/N-ethyl adjacent to an activating group) is 1. The van der Waals surface area contributed by atoms with Gasteiger partial charge in [-0.15, -0.1) is 18.2 Å². The van der Waals surface area contributed by atoms with Gasteiger partial charge < -0.3 is 43.6 Å². The van der Waals surface area contributed by atoms with Crippen molar-refractivity contribution < 1.29 is 48.3 Å². The van der Waals surface area contributed by atoms with Gasteiger partial charge >= 0.3 is 6.09 Å². The lowest BCUT2D eigenvalue weighted by molar-refractivity contribution is -0.253. The summed E-state index contributed by atoms with van der Waals surface area (Å²) in [6.45, 7) is 4.51. The molecular formula is C46H55ClN2O10. The number of amides is 1. The Balaban J connectivity index is 1.55. The van der Waals surface area contributed by atoms with Crippen LogP contribution in [0.3, 0.4) is 0 Å². The number of aliphatic hydroxyl groups excluding tert-OH is 2. The van der Waals surface area contributed by atoms with E-state index in [4.69, 9.17) is 45.3 Å². The molecule has 6 unspecified atom stereocenters. The highest BCUT2D eigenvalue weighted by Crippen LogP contribution is 2.62. The minimum Gasteiger partial charge on any atom is -0.496 e. The SMILES string of the molecule is C=CCOC12Oc3ccc(Oc4ccc(OC)c(C=O)c4)cc3C3C(CCCCO)C(CCCCO)C=C(C(=NOCc4ccccc4)CC1N(C)C(=O)OCCCl)C32. The number of halogens is 1. The van der Waals surface area contributed by atoms with E-state index in [0.29, 0.717) is 47.1 Å². The first-order valence-corrected chi connectivity index (χ1v) is 20.9. The maximum Gasteiger partial charge on any atom is 0.410 e. The fraction of sp³-hybridized carbons (Fsp3) is 0.457. The van der Waals surface area contributed by atoms with Crippen LogP contribution in [0.4, 0.5) is 4.79 Å². The fourth-order valence-corrected chi connectivity index (χ4v) is 8.99. The molecule has 2 aliphatic carbocycles. The quantitative estimate of drug-likeness (QED) is 0.0353. The first-order valence-electron chi connectivity index (χ1n) is 20.3. The number of hydrogen-bond donors (Lipinski definition) is 2. The number of aldehydes is 1. The molecule has 3 aliphatic rings. The molecule has 0 saturated heterocycles. The molecule has 2 N–H and O–H groups in total. The maximum atomic E-state index is 13.8. The summed E-state index contributed by atoms with van der Waals surface area (Å²) in [5.41, 5.74) is 3.77. The van der Waals surface area contributed by atoms with E-state index in [-0.39, 0.29) is 63.1 Å². The molecule has 1 amide bonds. The van der Waals surface area contributed by atoms with Crippen molar-refractivity contribution in [2.24, 2.45) is 22.9 Å². The number of rotatable bonds is 21. The molecule has 12 nitrogen and oxygen atoms in total. The van der Waals surface area contributed by atoms with Crippen molar-refractivity contribution in [3.8, 4) is 23.0 Å². The van der Waals surface area contributed by atoms with E-state index in [1.807, 2.05) is 48.5 Å². The van der Waals surface area contributed by atoms with E-state index < -0.39 is 23.8 Å². The van der Waals surface area contributed by atoms with E-state index >= 15 is 0 Å². The third-order valence-corrected chi connectivity index (χ3v) is 11.7. The van der Waals surface area contributed by atoms with Crippen molar-refractivity contribution in [1.29, 1.82) is 0 Å². The number of allylic oxidation sites excluding steroid dienone is 1. The summed E-state index contributed by atoms with van der Waals surface area (Å²) < 4.78 is 31.4. The van der Waals surface area contributed by atoms with Gasteiger partial charge in [0.25, 0.3) is 0 Å². The van der Waals surface area contributed by atoms with E-state index in [1.165, 1.54) is 12.0 Å². The second kappa shape index (κ2) is 20.9. The van der Waals surface area contributed by atoms with Crippen molar-refractivity contribution in [3.63, 3.8) is 0 Å². The van der Waals surface area contributed by atoms with Crippen LogP contribution in [0.1, 0.15) is 72.3 Å². The molecule has 1 aliphatic heterocycles. The van der Waals surface area contributed by atoms with Crippen LogP contribution in [-0.2, 0) is 20.9 Å². The van der Waals surface area contributed by atoms with Crippen LogP contribution >= 0.6 is 11.6 Å². The molecule has 3 aromatic carbocycles. The van der Waals surface area contributed by atoms with Crippen LogP contribution < -0.4 is 14.2 Å². The number of carbonyl (C=O) groups excluding carboxylic acids is 2. The summed E-state index contributed by atoms with van der Waals surface area (Å²) in [5, 5.41) is 24.6. The molecule has 6 atom stereocenters. The highest BCUT2D eigenvalue weighted by Gasteiger charge is 2.65. The van der Waals surface area contributed by atoms with Crippen molar-refractivity contribution in [3.05, 3.63) is 108 Å². The summed E-state index contributed by atoms with van der Waals surface area (Å²) in [6.07, 6.45) is 8.75. The molecule has 13 heteroatoms. The predicted molar refractivity (Wildman–Crippen MR) is 224 cm³/mol. The lowest BCUT2D eigenvalue weighted by atomic mass is 9.55. The summed E-state index contributed by atoms with van der Waals surface area (Å²) >= 11 is 5.95. The fourth-order valence-electron chi connectivity index (χ4n) is 8.91. The Kier molecular flexibility index (Phi) is 15.5. The Morgan fingerprint density at radius 1 is 1.03 bits per heavy atom. The molecule has 6 rings (SSSR count). The lowest BCUT2D eigenvalue weighted by Gasteiger charge is -2.59. The monoisotopic (exact) mass is 830 g/mol.